The van der Waals surface area contributed by atoms with Crippen LogP contribution in [0, 0.1) is 5.82 Å². The number of fused-ring (bicyclic) bond motifs is 1. The molecule has 2 aliphatic heterocycles. The quantitative estimate of drug-likeness (QED) is 0.523. The van der Waals surface area contributed by atoms with E-state index in [1.807, 2.05) is 6.07 Å². The molecule has 166 valence electrons. The molecule has 1 aromatic carbocycles. The SMILES string of the molecule is COc1c(F)cccc1Nc1c(-c2ccncc2OCC2CCO2)[nH]c2c1C(=O)NCC2. The zero-order valence-electron chi connectivity index (χ0n) is 17.5. The Morgan fingerprint density at radius 3 is 3.00 bits per heavy atom. The van der Waals surface area contributed by atoms with Gasteiger partial charge in [0.25, 0.3) is 5.91 Å². The number of amides is 1. The molecular weight excluding hydrogens is 415 g/mol. The lowest BCUT2D eigenvalue weighted by molar-refractivity contribution is -0.0720. The van der Waals surface area contributed by atoms with E-state index in [1.165, 1.54) is 13.2 Å². The van der Waals surface area contributed by atoms with Crippen molar-refractivity contribution in [3.8, 4) is 22.8 Å². The van der Waals surface area contributed by atoms with Crippen LogP contribution in [0.5, 0.6) is 11.5 Å². The van der Waals surface area contributed by atoms with Crippen LogP contribution < -0.4 is 20.1 Å². The molecule has 3 aromatic rings. The van der Waals surface area contributed by atoms with Crippen LogP contribution in [0.4, 0.5) is 15.8 Å². The summed E-state index contributed by atoms with van der Waals surface area (Å²) in [7, 11) is 1.40. The summed E-state index contributed by atoms with van der Waals surface area (Å²) in [6.07, 6.45) is 4.97. The van der Waals surface area contributed by atoms with Crippen molar-refractivity contribution >= 4 is 17.3 Å². The molecule has 9 heteroatoms. The fourth-order valence-electron chi connectivity index (χ4n) is 3.96. The van der Waals surface area contributed by atoms with Crippen molar-refractivity contribution in [2.24, 2.45) is 0 Å². The van der Waals surface area contributed by atoms with Crippen molar-refractivity contribution in [3.63, 3.8) is 0 Å². The lowest BCUT2D eigenvalue weighted by Crippen LogP contribution is -2.32. The molecule has 1 fully saturated rings. The number of rotatable bonds is 7. The Bertz CT molecular complexity index is 1160. The van der Waals surface area contributed by atoms with Crippen LogP contribution in [-0.2, 0) is 11.2 Å². The second kappa shape index (κ2) is 8.51. The first-order valence-electron chi connectivity index (χ1n) is 10.5. The maximum Gasteiger partial charge on any atom is 0.255 e. The minimum Gasteiger partial charge on any atom is -0.492 e. The van der Waals surface area contributed by atoms with Crippen LogP contribution in [0.1, 0.15) is 22.5 Å². The van der Waals surface area contributed by atoms with Gasteiger partial charge in [0.15, 0.2) is 11.6 Å². The zero-order valence-corrected chi connectivity index (χ0v) is 17.5. The Morgan fingerprint density at radius 1 is 1.34 bits per heavy atom. The minimum absolute atomic E-state index is 0.0675. The van der Waals surface area contributed by atoms with E-state index in [4.69, 9.17) is 14.2 Å². The van der Waals surface area contributed by atoms with Crippen LogP contribution in [0.2, 0.25) is 0 Å². The Balaban J connectivity index is 1.60. The smallest absolute Gasteiger partial charge is 0.255 e. The number of pyridine rings is 1. The number of hydrogen-bond donors (Lipinski definition) is 3. The van der Waals surface area contributed by atoms with Gasteiger partial charge in [-0.15, -0.1) is 0 Å². The highest BCUT2D eigenvalue weighted by Gasteiger charge is 2.29. The van der Waals surface area contributed by atoms with Gasteiger partial charge in [0.1, 0.15) is 12.4 Å². The van der Waals surface area contributed by atoms with Gasteiger partial charge in [-0.3, -0.25) is 9.78 Å². The molecule has 0 aliphatic carbocycles. The fraction of sp³-hybridized carbons (Fsp3) is 0.304. The summed E-state index contributed by atoms with van der Waals surface area (Å²) in [4.78, 5) is 20.3. The minimum atomic E-state index is -0.499. The number of halogens is 1. The van der Waals surface area contributed by atoms with Crippen LogP contribution >= 0.6 is 0 Å². The highest BCUT2D eigenvalue weighted by Crippen LogP contribution is 2.42. The number of carbonyl (C=O) groups excluding carboxylic acids is 1. The number of aromatic amines is 1. The number of ether oxygens (including phenoxy) is 3. The summed E-state index contributed by atoms with van der Waals surface area (Å²) in [5.74, 6) is -0.0680. The molecule has 8 nitrogen and oxygen atoms in total. The number of hydrogen-bond acceptors (Lipinski definition) is 6. The van der Waals surface area contributed by atoms with Crippen molar-refractivity contribution in [2.75, 3.05) is 32.2 Å². The molecule has 1 amide bonds. The molecule has 5 rings (SSSR count). The van der Waals surface area contributed by atoms with E-state index in [1.54, 1.807) is 24.5 Å². The summed E-state index contributed by atoms with van der Waals surface area (Å²) in [6.45, 7) is 1.70. The number of carbonyl (C=O) groups is 1. The number of para-hydroxylation sites is 1. The number of nitrogens with one attached hydrogen (secondary N) is 3. The maximum atomic E-state index is 14.3. The molecule has 0 spiro atoms. The summed E-state index contributed by atoms with van der Waals surface area (Å²) in [6, 6.07) is 6.42. The Kier molecular flexibility index (Phi) is 5.40. The van der Waals surface area contributed by atoms with E-state index in [2.05, 4.69) is 20.6 Å². The van der Waals surface area contributed by atoms with E-state index < -0.39 is 5.82 Å². The number of H-pyrrole nitrogens is 1. The average Bonchev–Trinajstić information content (AvgIpc) is 3.12. The van der Waals surface area contributed by atoms with Gasteiger partial charge in [-0.25, -0.2) is 4.39 Å². The summed E-state index contributed by atoms with van der Waals surface area (Å²) < 4.78 is 31.0. The number of benzene rings is 1. The Labute approximate surface area is 184 Å². The Morgan fingerprint density at radius 2 is 2.22 bits per heavy atom. The van der Waals surface area contributed by atoms with Crippen molar-refractivity contribution in [1.82, 2.24) is 15.3 Å². The van der Waals surface area contributed by atoms with Crippen molar-refractivity contribution in [2.45, 2.75) is 18.9 Å². The third-order valence-corrected chi connectivity index (χ3v) is 5.67. The number of anilines is 2. The largest absolute Gasteiger partial charge is 0.492 e. The lowest BCUT2D eigenvalue weighted by atomic mass is 10.0. The first-order chi connectivity index (χ1) is 15.7. The van der Waals surface area contributed by atoms with E-state index >= 15 is 0 Å². The number of aromatic nitrogens is 2. The second-order valence-electron chi connectivity index (χ2n) is 7.64. The second-order valence-corrected chi connectivity index (χ2v) is 7.64. The molecule has 1 saturated heterocycles. The molecule has 32 heavy (non-hydrogen) atoms. The monoisotopic (exact) mass is 438 g/mol. The van der Waals surface area contributed by atoms with Gasteiger partial charge in [-0.2, -0.15) is 0 Å². The zero-order chi connectivity index (χ0) is 22.1. The van der Waals surface area contributed by atoms with E-state index in [0.717, 1.165) is 24.3 Å². The molecule has 4 heterocycles. The average molecular weight is 438 g/mol. The van der Waals surface area contributed by atoms with Crippen LogP contribution in [0.25, 0.3) is 11.3 Å². The highest BCUT2D eigenvalue weighted by molar-refractivity contribution is 6.06. The standard InChI is InChI=1S/C23H23FN4O4/c1-30-22-15(24)3-2-4-17(22)28-21-19-16(6-9-26-23(19)29)27-20(21)14-5-8-25-11-18(14)32-12-13-7-10-31-13/h2-5,8,11,13,27-28H,6-7,9-10,12H2,1H3,(H,26,29). The van der Waals surface area contributed by atoms with Crippen molar-refractivity contribution < 1.29 is 23.4 Å². The van der Waals surface area contributed by atoms with E-state index in [9.17, 15) is 9.18 Å². The number of nitrogens with zero attached hydrogens (tertiary/aromatic N) is 1. The van der Waals surface area contributed by atoms with E-state index in [-0.39, 0.29) is 17.8 Å². The summed E-state index contributed by atoms with van der Waals surface area (Å²) >= 11 is 0. The van der Waals surface area contributed by atoms with Gasteiger partial charge in [0, 0.05) is 43.4 Å². The molecule has 1 atom stereocenters. The molecule has 2 aliphatic rings. The van der Waals surface area contributed by atoms with E-state index in [0.29, 0.717) is 48.0 Å². The predicted octanol–water partition coefficient (Wildman–Crippen LogP) is 3.42. The summed E-state index contributed by atoms with van der Waals surface area (Å²) in [5.41, 5.74) is 3.62. The first kappa shape index (κ1) is 20.3. The molecular formula is C23H23FN4O4. The third kappa shape index (κ3) is 3.64. The molecule has 3 N–H and O–H groups in total. The van der Waals surface area contributed by atoms with Gasteiger partial charge in [0.05, 0.1) is 42.0 Å². The van der Waals surface area contributed by atoms with Crippen molar-refractivity contribution in [3.05, 3.63) is 53.7 Å². The lowest BCUT2D eigenvalue weighted by Gasteiger charge is -2.26. The first-order valence-corrected chi connectivity index (χ1v) is 10.5. The van der Waals surface area contributed by atoms with Gasteiger partial charge in [-0.1, -0.05) is 6.07 Å². The van der Waals surface area contributed by atoms with Gasteiger partial charge < -0.3 is 29.8 Å². The van der Waals surface area contributed by atoms with Crippen LogP contribution in [0.3, 0.4) is 0 Å². The van der Waals surface area contributed by atoms with Gasteiger partial charge >= 0.3 is 0 Å². The molecule has 1 unspecified atom stereocenters. The molecule has 0 bridgehead atoms. The predicted molar refractivity (Wildman–Crippen MR) is 116 cm³/mol. The molecule has 0 radical (unpaired) electrons. The number of methoxy groups -OCH3 is 1. The summed E-state index contributed by atoms with van der Waals surface area (Å²) in [5, 5.41) is 6.10. The Hall–Kier alpha value is -3.59. The third-order valence-electron chi connectivity index (χ3n) is 5.67. The molecule has 0 saturated carbocycles. The van der Waals surface area contributed by atoms with Crippen LogP contribution in [0.15, 0.2) is 36.7 Å². The maximum absolute atomic E-state index is 14.3. The van der Waals surface area contributed by atoms with Gasteiger partial charge in [0.2, 0.25) is 0 Å². The fourth-order valence-corrected chi connectivity index (χ4v) is 3.96. The molecule has 2 aromatic heterocycles. The highest BCUT2D eigenvalue weighted by atomic mass is 19.1. The van der Waals surface area contributed by atoms with Crippen molar-refractivity contribution in [1.29, 1.82) is 0 Å². The van der Waals surface area contributed by atoms with Gasteiger partial charge in [-0.05, 0) is 18.2 Å². The normalized spacial score (nSPS) is 17.2. The topological polar surface area (TPSA) is 97.5 Å². The van der Waals surface area contributed by atoms with Crippen LogP contribution in [-0.4, -0.2) is 48.8 Å².